The maximum Gasteiger partial charge on any atom is 0.411 e. The molecule has 4 rings (SSSR count). The largest absolute Gasteiger partial charge is 0.447 e. The molecule has 22 heavy (non-hydrogen) atoms. The smallest absolute Gasteiger partial charge is 0.411 e. The number of aldehydes is 1. The molecule has 3 atom stereocenters. The van der Waals surface area contributed by atoms with E-state index in [1.54, 1.807) is 0 Å². The first kappa shape index (κ1) is 13.6. The predicted octanol–water partition coefficient (Wildman–Crippen LogP) is 2.15. The minimum Gasteiger partial charge on any atom is -0.447 e. The molecule has 0 radical (unpaired) electrons. The number of carbonyl (C=O) groups excluding carboxylic acids is 2. The van der Waals surface area contributed by atoms with E-state index in [0.717, 1.165) is 18.4 Å². The lowest BCUT2D eigenvalue weighted by molar-refractivity contribution is -0.118. The number of hydrogen-bond acceptors (Lipinski definition) is 4. The fourth-order valence-corrected chi connectivity index (χ4v) is 4.75. The number of ether oxygens (including phenoxy) is 1. The highest BCUT2D eigenvalue weighted by molar-refractivity contribution is 5.79. The highest BCUT2D eigenvalue weighted by Gasteiger charge is 2.68. The van der Waals surface area contributed by atoms with Crippen LogP contribution in [0.4, 0.5) is 10.5 Å². The molecule has 1 aromatic rings. The topological polar surface area (TPSA) is 49.9 Å². The van der Waals surface area contributed by atoms with E-state index in [4.69, 9.17) is 4.74 Å². The lowest BCUT2D eigenvalue weighted by Gasteiger charge is -2.43. The van der Waals surface area contributed by atoms with Crippen molar-refractivity contribution in [3.05, 3.63) is 29.8 Å². The van der Waals surface area contributed by atoms with Crippen molar-refractivity contribution in [2.24, 2.45) is 5.41 Å². The van der Waals surface area contributed by atoms with Crippen molar-refractivity contribution < 1.29 is 14.3 Å². The molecule has 5 heteroatoms. The van der Waals surface area contributed by atoms with Gasteiger partial charge in [0.25, 0.3) is 0 Å². The molecule has 0 unspecified atom stereocenters. The summed E-state index contributed by atoms with van der Waals surface area (Å²) in [6, 6.07) is 8.22. The van der Waals surface area contributed by atoms with E-state index in [1.165, 1.54) is 5.56 Å². The van der Waals surface area contributed by atoms with Gasteiger partial charge in [-0.2, -0.15) is 0 Å². The Bertz CT molecular complexity index is 672. The Labute approximate surface area is 129 Å². The quantitative estimate of drug-likeness (QED) is 0.785. The van der Waals surface area contributed by atoms with Crippen LogP contribution in [0.5, 0.6) is 0 Å². The van der Waals surface area contributed by atoms with Gasteiger partial charge in [0, 0.05) is 18.2 Å². The van der Waals surface area contributed by atoms with E-state index < -0.39 is 5.41 Å². The number of nitrogens with zero attached hydrogens (tertiary/aromatic N) is 2. The van der Waals surface area contributed by atoms with Gasteiger partial charge in [0.15, 0.2) is 0 Å². The Morgan fingerprint density at radius 3 is 2.82 bits per heavy atom. The summed E-state index contributed by atoms with van der Waals surface area (Å²) in [6.07, 6.45) is 1.38. The number of rotatable bonds is 2. The van der Waals surface area contributed by atoms with Crippen molar-refractivity contribution in [2.45, 2.75) is 37.9 Å². The van der Waals surface area contributed by atoms with E-state index in [1.807, 2.05) is 37.9 Å². The number of cyclic esters (lactones) is 1. The van der Waals surface area contributed by atoms with Gasteiger partial charge in [0.05, 0.1) is 11.5 Å². The molecule has 0 aromatic heterocycles. The molecule has 0 N–H and O–H groups in total. The lowest BCUT2D eigenvalue weighted by Crippen LogP contribution is -2.55. The van der Waals surface area contributed by atoms with Crippen molar-refractivity contribution in [2.75, 3.05) is 18.6 Å². The zero-order valence-electron chi connectivity index (χ0n) is 13.1. The number of carbonyl (C=O) groups is 2. The summed E-state index contributed by atoms with van der Waals surface area (Å²) >= 11 is 0. The summed E-state index contributed by atoms with van der Waals surface area (Å²) in [7, 11) is 2.00. The number of hydrogen-bond donors (Lipinski definition) is 0. The fraction of sp³-hybridized carbons (Fsp3) is 0.529. The third-order valence-corrected chi connectivity index (χ3v) is 5.84. The number of amides is 1. The van der Waals surface area contributed by atoms with Crippen molar-refractivity contribution in [1.82, 2.24) is 4.90 Å². The Morgan fingerprint density at radius 2 is 2.09 bits per heavy atom. The van der Waals surface area contributed by atoms with E-state index in [0.29, 0.717) is 6.61 Å². The molecule has 116 valence electrons. The van der Waals surface area contributed by atoms with Crippen LogP contribution in [0.2, 0.25) is 0 Å². The summed E-state index contributed by atoms with van der Waals surface area (Å²) in [5, 5.41) is 0. The highest BCUT2D eigenvalue weighted by atomic mass is 16.6. The molecule has 1 aromatic carbocycles. The molecule has 2 saturated heterocycles. The monoisotopic (exact) mass is 300 g/mol. The van der Waals surface area contributed by atoms with Gasteiger partial charge in [-0.15, -0.1) is 0 Å². The van der Waals surface area contributed by atoms with Crippen LogP contribution in [0.25, 0.3) is 0 Å². The zero-order valence-corrected chi connectivity index (χ0v) is 13.1. The van der Waals surface area contributed by atoms with Gasteiger partial charge in [-0.25, -0.2) is 4.79 Å². The maximum absolute atomic E-state index is 12.2. The second-order valence-electron chi connectivity index (χ2n) is 7.15. The summed E-state index contributed by atoms with van der Waals surface area (Å²) in [5.74, 6) is 0. The van der Waals surface area contributed by atoms with Crippen LogP contribution in [-0.4, -0.2) is 43.1 Å². The summed E-state index contributed by atoms with van der Waals surface area (Å²) < 4.78 is 5.24. The van der Waals surface area contributed by atoms with Crippen LogP contribution >= 0.6 is 0 Å². The second kappa shape index (κ2) is 4.03. The predicted molar refractivity (Wildman–Crippen MR) is 81.7 cm³/mol. The number of benzene rings is 1. The van der Waals surface area contributed by atoms with Crippen molar-refractivity contribution in [3.63, 3.8) is 0 Å². The third kappa shape index (κ3) is 1.30. The van der Waals surface area contributed by atoms with E-state index >= 15 is 0 Å². The average molecular weight is 300 g/mol. The highest BCUT2D eigenvalue weighted by Crippen LogP contribution is 2.61. The molecule has 3 heterocycles. The number of anilines is 1. The SMILES string of the molecule is CN1c2ccccc2[C@]2(C(C)(C)C=O)C[C@H]3COC(=O)N3[C@H]12. The molecule has 1 amide bonds. The summed E-state index contributed by atoms with van der Waals surface area (Å²) in [4.78, 5) is 28.1. The Kier molecular flexibility index (Phi) is 2.49. The first-order valence-corrected chi connectivity index (χ1v) is 7.68. The molecule has 2 fully saturated rings. The van der Waals surface area contributed by atoms with Crippen molar-refractivity contribution in [3.8, 4) is 0 Å². The van der Waals surface area contributed by atoms with Gasteiger partial charge >= 0.3 is 6.09 Å². The molecular weight excluding hydrogens is 280 g/mol. The van der Waals surface area contributed by atoms with Gasteiger partial charge in [-0.3, -0.25) is 4.90 Å². The van der Waals surface area contributed by atoms with Crippen LogP contribution in [0, 0.1) is 5.41 Å². The number of para-hydroxylation sites is 1. The van der Waals surface area contributed by atoms with Gasteiger partial charge < -0.3 is 14.4 Å². The lowest BCUT2D eigenvalue weighted by atomic mass is 9.61. The summed E-state index contributed by atoms with van der Waals surface area (Å²) in [5.41, 5.74) is 1.32. The van der Waals surface area contributed by atoms with Gasteiger partial charge in [0.1, 0.15) is 19.1 Å². The van der Waals surface area contributed by atoms with Crippen molar-refractivity contribution in [1.29, 1.82) is 0 Å². The second-order valence-corrected chi connectivity index (χ2v) is 7.15. The third-order valence-electron chi connectivity index (χ3n) is 5.84. The number of likely N-dealkylation sites (N-methyl/N-ethyl adjacent to an activating group) is 1. The van der Waals surface area contributed by atoms with Crippen LogP contribution in [0.1, 0.15) is 25.8 Å². The average Bonchev–Trinajstić information content (AvgIpc) is 3.11. The van der Waals surface area contributed by atoms with Gasteiger partial charge in [-0.05, 0) is 18.1 Å². The number of fused-ring (bicyclic) bond motifs is 5. The molecule has 5 nitrogen and oxygen atoms in total. The fourth-order valence-electron chi connectivity index (χ4n) is 4.75. The van der Waals surface area contributed by atoms with Crippen LogP contribution in [0.15, 0.2) is 24.3 Å². The zero-order chi connectivity index (χ0) is 15.7. The Morgan fingerprint density at radius 1 is 1.36 bits per heavy atom. The molecule has 3 aliphatic heterocycles. The van der Waals surface area contributed by atoms with Gasteiger partial charge in [0.2, 0.25) is 0 Å². The first-order chi connectivity index (χ1) is 10.4. The van der Waals surface area contributed by atoms with Crippen LogP contribution in [-0.2, 0) is 14.9 Å². The van der Waals surface area contributed by atoms with Crippen LogP contribution in [0.3, 0.4) is 0 Å². The van der Waals surface area contributed by atoms with Crippen molar-refractivity contribution >= 4 is 18.1 Å². The Balaban J connectivity index is 1.98. The summed E-state index contributed by atoms with van der Waals surface area (Å²) in [6.45, 7) is 4.38. The molecule has 0 saturated carbocycles. The first-order valence-electron chi connectivity index (χ1n) is 7.68. The molecule has 3 aliphatic rings. The van der Waals surface area contributed by atoms with E-state index in [-0.39, 0.29) is 23.7 Å². The minimum atomic E-state index is -0.566. The molecule has 0 aliphatic carbocycles. The molecule has 0 spiro atoms. The minimum absolute atomic E-state index is 0.0486. The molecular formula is C17H20N2O3. The van der Waals surface area contributed by atoms with E-state index in [9.17, 15) is 9.59 Å². The van der Waals surface area contributed by atoms with E-state index in [2.05, 4.69) is 17.0 Å². The maximum atomic E-state index is 12.2. The molecule has 0 bridgehead atoms. The normalized spacial score (nSPS) is 32.6. The Hall–Kier alpha value is -2.04. The standard InChI is InChI=1S/C17H20N2O3/c1-16(2,10-20)17-8-11-9-22-15(21)19(11)14(17)18(3)13-7-5-4-6-12(13)17/h4-7,10-11,14H,8-9H2,1-3H3/t11-,14-,17+/m0/s1. The van der Waals surface area contributed by atoms with Crippen LogP contribution < -0.4 is 4.90 Å². The van der Waals surface area contributed by atoms with Gasteiger partial charge in [-0.1, -0.05) is 32.0 Å².